The van der Waals surface area contributed by atoms with E-state index in [4.69, 9.17) is 0 Å². The van der Waals surface area contributed by atoms with Crippen LogP contribution < -0.4 is 4.90 Å². The maximum atomic E-state index is 12.6. The van der Waals surface area contributed by atoms with E-state index in [1.54, 1.807) is 0 Å². The van der Waals surface area contributed by atoms with Gasteiger partial charge < -0.3 is 4.90 Å². The lowest BCUT2D eigenvalue weighted by Gasteiger charge is -2.19. The summed E-state index contributed by atoms with van der Waals surface area (Å²) in [4.78, 5) is 11.5. The third-order valence-corrected chi connectivity index (χ3v) is 1.87. The number of halogens is 3. The summed E-state index contributed by atoms with van der Waals surface area (Å²) >= 11 is 0. The van der Waals surface area contributed by atoms with E-state index < -0.39 is 11.7 Å². The molecule has 0 amide bonds. The molecule has 1 aromatic carbocycles. The van der Waals surface area contributed by atoms with Crippen molar-refractivity contribution < 1.29 is 13.2 Å². The summed E-state index contributed by atoms with van der Waals surface area (Å²) in [6, 6.07) is 3.21. The molecule has 82 valence electrons. The highest BCUT2D eigenvalue weighted by atomic mass is 19.4. The molecule has 0 aromatic heterocycles. The maximum absolute atomic E-state index is 12.6. The van der Waals surface area contributed by atoms with E-state index in [2.05, 4.69) is 5.18 Å². The van der Waals surface area contributed by atoms with Gasteiger partial charge in [0, 0.05) is 19.8 Å². The van der Waals surface area contributed by atoms with Crippen LogP contribution in [0.3, 0.4) is 0 Å². The van der Waals surface area contributed by atoms with Crippen LogP contribution in [0.25, 0.3) is 0 Å². The maximum Gasteiger partial charge on any atom is 0.418 e. The van der Waals surface area contributed by atoms with Crippen LogP contribution in [0.4, 0.5) is 24.5 Å². The quantitative estimate of drug-likeness (QED) is 0.714. The van der Waals surface area contributed by atoms with Crippen LogP contribution in [0, 0.1) is 4.91 Å². The predicted octanol–water partition coefficient (Wildman–Crippen LogP) is 3.17. The van der Waals surface area contributed by atoms with E-state index in [1.807, 2.05) is 0 Å². The summed E-state index contributed by atoms with van der Waals surface area (Å²) in [5.74, 6) is 0. The Morgan fingerprint density at radius 2 is 1.87 bits per heavy atom. The summed E-state index contributed by atoms with van der Waals surface area (Å²) in [6.07, 6.45) is -4.49. The zero-order valence-electron chi connectivity index (χ0n) is 8.17. The van der Waals surface area contributed by atoms with Crippen LogP contribution in [-0.4, -0.2) is 14.1 Å². The molecule has 0 heterocycles. The summed E-state index contributed by atoms with van der Waals surface area (Å²) < 4.78 is 37.7. The Kier molecular flexibility index (Phi) is 2.97. The second-order valence-corrected chi connectivity index (χ2v) is 3.18. The van der Waals surface area contributed by atoms with Gasteiger partial charge in [-0.25, -0.2) is 0 Å². The van der Waals surface area contributed by atoms with Gasteiger partial charge in [0.25, 0.3) is 0 Å². The van der Waals surface area contributed by atoms with Crippen molar-refractivity contribution in [3.05, 3.63) is 28.7 Å². The second-order valence-electron chi connectivity index (χ2n) is 3.18. The molecular weight excluding hydrogens is 209 g/mol. The fourth-order valence-corrected chi connectivity index (χ4v) is 1.20. The summed E-state index contributed by atoms with van der Waals surface area (Å²) in [5, 5.41) is 2.48. The van der Waals surface area contributed by atoms with Gasteiger partial charge in [0.15, 0.2) is 0 Å². The van der Waals surface area contributed by atoms with Crippen LogP contribution in [0.2, 0.25) is 0 Å². The standard InChI is InChI=1S/C9H9F3N2O/c1-14(2)8-4-3-6(13-15)5-7(8)9(10,11)12/h3-5H,1-2H3. The van der Waals surface area contributed by atoms with Gasteiger partial charge in [-0.2, -0.15) is 13.2 Å². The minimum Gasteiger partial charge on any atom is -0.377 e. The van der Waals surface area contributed by atoms with E-state index in [1.165, 1.54) is 31.1 Å². The number of rotatable bonds is 2. The van der Waals surface area contributed by atoms with E-state index in [-0.39, 0.29) is 11.4 Å². The first-order valence-electron chi connectivity index (χ1n) is 4.08. The van der Waals surface area contributed by atoms with E-state index >= 15 is 0 Å². The number of benzene rings is 1. The number of hydrogen-bond acceptors (Lipinski definition) is 3. The fourth-order valence-electron chi connectivity index (χ4n) is 1.20. The lowest BCUT2D eigenvalue weighted by molar-refractivity contribution is -0.137. The Bertz CT molecular complexity index is 374. The molecule has 6 heteroatoms. The highest BCUT2D eigenvalue weighted by Gasteiger charge is 2.34. The van der Waals surface area contributed by atoms with Crippen LogP contribution in [0.1, 0.15) is 5.56 Å². The summed E-state index contributed by atoms with van der Waals surface area (Å²) in [5.41, 5.74) is -1.08. The van der Waals surface area contributed by atoms with Gasteiger partial charge in [-0.15, -0.1) is 4.91 Å². The Morgan fingerprint density at radius 3 is 2.27 bits per heavy atom. The third kappa shape index (κ3) is 2.45. The average molecular weight is 218 g/mol. The Labute approximate surface area is 84.5 Å². The van der Waals surface area contributed by atoms with Crippen molar-refractivity contribution in [2.45, 2.75) is 6.18 Å². The molecule has 1 rings (SSSR count). The van der Waals surface area contributed by atoms with Gasteiger partial charge in [0.1, 0.15) is 5.69 Å². The Hall–Kier alpha value is -1.59. The van der Waals surface area contributed by atoms with Crippen LogP contribution in [0.15, 0.2) is 23.4 Å². The number of nitrogens with zero attached hydrogens (tertiary/aromatic N) is 2. The first kappa shape index (κ1) is 11.5. The molecular formula is C9H9F3N2O. The molecule has 0 saturated heterocycles. The number of nitroso groups, excluding NO2 is 1. The second kappa shape index (κ2) is 3.88. The van der Waals surface area contributed by atoms with Gasteiger partial charge >= 0.3 is 6.18 Å². The van der Waals surface area contributed by atoms with Crippen LogP contribution >= 0.6 is 0 Å². The molecule has 0 N–H and O–H groups in total. The Balaban J connectivity index is 3.35. The zero-order valence-corrected chi connectivity index (χ0v) is 8.17. The first-order chi connectivity index (χ1) is 6.86. The SMILES string of the molecule is CN(C)c1ccc(N=O)cc1C(F)(F)F. The van der Waals surface area contributed by atoms with Gasteiger partial charge in [-0.05, 0) is 23.4 Å². The molecule has 0 aliphatic rings. The lowest BCUT2D eigenvalue weighted by Crippen LogP contribution is -2.16. The van der Waals surface area contributed by atoms with Gasteiger partial charge in [-0.3, -0.25) is 0 Å². The molecule has 0 fully saturated rings. The number of hydrogen-bond donors (Lipinski definition) is 0. The van der Waals surface area contributed by atoms with E-state index in [0.717, 1.165) is 6.07 Å². The highest BCUT2D eigenvalue weighted by Crippen LogP contribution is 2.38. The third-order valence-electron chi connectivity index (χ3n) is 1.87. The molecule has 0 bridgehead atoms. The predicted molar refractivity (Wildman–Crippen MR) is 51.2 cm³/mol. The van der Waals surface area contributed by atoms with Crippen molar-refractivity contribution in [2.75, 3.05) is 19.0 Å². The molecule has 0 aliphatic carbocycles. The minimum absolute atomic E-state index is 0.00917. The van der Waals surface area contributed by atoms with Crippen molar-refractivity contribution in [3.8, 4) is 0 Å². The van der Waals surface area contributed by atoms with Crippen molar-refractivity contribution in [3.63, 3.8) is 0 Å². The summed E-state index contributed by atoms with van der Waals surface area (Å²) in [7, 11) is 3.00. The molecule has 3 nitrogen and oxygen atoms in total. The number of alkyl halides is 3. The molecule has 0 spiro atoms. The van der Waals surface area contributed by atoms with Crippen LogP contribution in [-0.2, 0) is 6.18 Å². The van der Waals surface area contributed by atoms with Gasteiger partial charge in [-0.1, -0.05) is 0 Å². The highest BCUT2D eigenvalue weighted by molar-refractivity contribution is 5.59. The Morgan fingerprint density at radius 1 is 1.27 bits per heavy atom. The van der Waals surface area contributed by atoms with Crippen molar-refractivity contribution in [1.29, 1.82) is 0 Å². The van der Waals surface area contributed by atoms with Gasteiger partial charge in [0.05, 0.1) is 5.56 Å². The molecule has 0 saturated carbocycles. The normalized spacial score (nSPS) is 11.3. The first-order valence-corrected chi connectivity index (χ1v) is 4.08. The zero-order chi connectivity index (χ0) is 11.6. The topological polar surface area (TPSA) is 32.7 Å². The molecule has 15 heavy (non-hydrogen) atoms. The monoisotopic (exact) mass is 218 g/mol. The van der Waals surface area contributed by atoms with Crippen molar-refractivity contribution >= 4 is 11.4 Å². The summed E-state index contributed by atoms with van der Waals surface area (Å²) in [6.45, 7) is 0. The molecule has 0 radical (unpaired) electrons. The molecule has 1 aromatic rings. The molecule has 0 aliphatic heterocycles. The fraction of sp³-hybridized carbons (Fsp3) is 0.333. The van der Waals surface area contributed by atoms with E-state index in [9.17, 15) is 18.1 Å². The lowest BCUT2D eigenvalue weighted by atomic mass is 10.1. The molecule has 0 atom stereocenters. The average Bonchev–Trinajstić information content (AvgIpc) is 2.15. The smallest absolute Gasteiger partial charge is 0.377 e. The van der Waals surface area contributed by atoms with Crippen molar-refractivity contribution in [1.82, 2.24) is 0 Å². The largest absolute Gasteiger partial charge is 0.418 e. The minimum atomic E-state index is -4.49. The van der Waals surface area contributed by atoms with E-state index in [0.29, 0.717) is 0 Å². The molecule has 0 unspecified atom stereocenters. The number of anilines is 1. The van der Waals surface area contributed by atoms with Gasteiger partial charge in [0.2, 0.25) is 0 Å². The van der Waals surface area contributed by atoms with Crippen molar-refractivity contribution in [2.24, 2.45) is 5.18 Å². The van der Waals surface area contributed by atoms with Crippen LogP contribution in [0.5, 0.6) is 0 Å².